The van der Waals surface area contributed by atoms with Gasteiger partial charge in [-0.15, -0.1) is 0 Å². The van der Waals surface area contributed by atoms with Gasteiger partial charge in [0.25, 0.3) is 5.91 Å². The minimum atomic E-state index is -3.55. The number of ether oxygens (including phenoxy) is 1. The molecule has 3 rings (SSSR count). The lowest BCUT2D eigenvalue weighted by atomic mass is 10.0. The Morgan fingerprint density at radius 3 is 2.06 bits per heavy atom. The van der Waals surface area contributed by atoms with Crippen LogP contribution >= 0.6 is 11.6 Å². The van der Waals surface area contributed by atoms with Gasteiger partial charge < -0.3 is 10.1 Å². The topological polar surface area (TPSA) is 75.7 Å². The van der Waals surface area contributed by atoms with Crippen LogP contribution in [0.25, 0.3) is 0 Å². The second kappa shape index (κ2) is 11.4. The molecule has 0 saturated carbocycles. The summed E-state index contributed by atoms with van der Waals surface area (Å²) in [6.07, 6.45) is 2.78. The van der Waals surface area contributed by atoms with Gasteiger partial charge in [0.1, 0.15) is 5.75 Å². The maximum Gasteiger partial charge on any atom is 0.262 e. The highest BCUT2D eigenvalue weighted by atomic mass is 35.5. The van der Waals surface area contributed by atoms with E-state index in [9.17, 15) is 13.2 Å². The number of nitrogens with zero attached hydrogens (tertiary/aromatic N) is 1. The number of carbonyl (C=O) groups excluding carboxylic acids is 1. The zero-order valence-corrected chi connectivity index (χ0v) is 21.1. The molecule has 0 aliphatic rings. The van der Waals surface area contributed by atoms with E-state index in [-0.39, 0.29) is 19.1 Å². The summed E-state index contributed by atoms with van der Waals surface area (Å²) in [7, 11) is -3.55. The number of hydrogen-bond donors (Lipinski definition) is 1. The highest BCUT2D eigenvalue weighted by Crippen LogP contribution is 2.26. The molecule has 34 heavy (non-hydrogen) atoms. The normalized spacial score (nSPS) is 11.2. The van der Waals surface area contributed by atoms with E-state index in [2.05, 4.69) is 5.32 Å². The van der Waals surface area contributed by atoms with Crippen molar-refractivity contribution in [2.45, 2.75) is 33.2 Å². The molecule has 0 bridgehead atoms. The first-order valence-corrected chi connectivity index (χ1v) is 13.3. The van der Waals surface area contributed by atoms with Crippen molar-refractivity contribution in [1.82, 2.24) is 0 Å². The molecule has 0 heterocycles. The summed E-state index contributed by atoms with van der Waals surface area (Å²) in [4.78, 5) is 12.5. The number of carbonyl (C=O) groups is 1. The Labute approximate surface area is 206 Å². The van der Waals surface area contributed by atoms with E-state index in [1.54, 1.807) is 42.5 Å². The summed E-state index contributed by atoms with van der Waals surface area (Å²) in [6, 6.07) is 19.7. The number of halogens is 1. The van der Waals surface area contributed by atoms with Crippen molar-refractivity contribution < 1.29 is 17.9 Å². The fourth-order valence-electron chi connectivity index (χ4n) is 3.62. The van der Waals surface area contributed by atoms with Gasteiger partial charge >= 0.3 is 0 Å². The highest BCUT2D eigenvalue weighted by Gasteiger charge is 2.19. The molecule has 3 aromatic carbocycles. The van der Waals surface area contributed by atoms with Crippen LogP contribution in [0.1, 0.15) is 30.5 Å². The second-order valence-electron chi connectivity index (χ2n) is 7.85. The van der Waals surface area contributed by atoms with Crippen LogP contribution in [0.3, 0.4) is 0 Å². The molecular weight excluding hydrogens is 472 g/mol. The molecule has 3 aromatic rings. The average molecular weight is 501 g/mol. The molecule has 6 nitrogen and oxygen atoms in total. The van der Waals surface area contributed by atoms with E-state index in [1.807, 2.05) is 38.1 Å². The van der Waals surface area contributed by atoms with Gasteiger partial charge in [0, 0.05) is 10.7 Å². The molecule has 0 spiro atoms. The summed E-state index contributed by atoms with van der Waals surface area (Å²) in [5.74, 6) is 0.209. The van der Waals surface area contributed by atoms with Crippen LogP contribution in [0.2, 0.25) is 5.02 Å². The molecule has 0 saturated heterocycles. The van der Waals surface area contributed by atoms with E-state index in [1.165, 1.54) is 4.31 Å². The molecule has 0 radical (unpaired) electrons. The first-order valence-electron chi connectivity index (χ1n) is 11.1. The van der Waals surface area contributed by atoms with Crippen LogP contribution in [0.5, 0.6) is 5.75 Å². The molecular formula is C26H29ClN2O4S. The smallest absolute Gasteiger partial charge is 0.262 e. The number of anilines is 2. The second-order valence-corrected chi connectivity index (χ2v) is 10.2. The van der Waals surface area contributed by atoms with Gasteiger partial charge in [-0.25, -0.2) is 8.42 Å². The van der Waals surface area contributed by atoms with Crippen molar-refractivity contribution in [2.24, 2.45) is 0 Å². The Morgan fingerprint density at radius 2 is 1.50 bits per heavy atom. The molecule has 8 heteroatoms. The van der Waals surface area contributed by atoms with Gasteiger partial charge in [0.2, 0.25) is 10.0 Å². The number of para-hydroxylation sites is 1. The third-order valence-electron chi connectivity index (χ3n) is 5.43. The molecule has 1 amide bonds. The molecule has 1 N–H and O–H groups in total. The summed E-state index contributed by atoms with van der Waals surface area (Å²) in [5.41, 5.74) is 4.18. The minimum absolute atomic E-state index is 0.109. The maximum absolute atomic E-state index is 12.5. The van der Waals surface area contributed by atoms with Gasteiger partial charge in [-0.1, -0.05) is 61.8 Å². The number of hydrogen-bond acceptors (Lipinski definition) is 4. The summed E-state index contributed by atoms with van der Waals surface area (Å²) < 4.78 is 31.8. The molecule has 0 aliphatic heterocycles. The third-order valence-corrected chi connectivity index (χ3v) is 6.94. The first kappa shape index (κ1) is 25.6. The van der Waals surface area contributed by atoms with E-state index in [4.69, 9.17) is 16.3 Å². The Kier molecular flexibility index (Phi) is 8.58. The van der Waals surface area contributed by atoms with Crippen LogP contribution in [-0.2, 0) is 34.2 Å². The maximum atomic E-state index is 12.5. The standard InChI is InChI=1S/C26H29ClN2O4S/c1-4-19-10-8-11-20(5-2)26(19)28-25(30)18-33-23-15-13-22(14-16-23)29(34(3,31)32)17-21-9-6-7-12-24(21)27/h6-16H,4-5,17-18H2,1-3H3,(H,28,30). The van der Waals surface area contributed by atoms with Crippen LogP contribution in [0, 0.1) is 0 Å². The van der Waals surface area contributed by atoms with Crippen LogP contribution in [0.4, 0.5) is 11.4 Å². The van der Waals surface area contributed by atoms with Gasteiger partial charge in [-0.2, -0.15) is 0 Å². The number of nitrogens with one attached hydrogen (secondary N) is 1. The van der Waals surface area contributed by atoms with Crippen LogP contribution in [-0.4, -0.2) is 27.2 Å². The lowest BCUT2D eigenvalue weighted by Gasteiger charge is -2.23. The molecule has 0 atom stereocenters. The zero-order chi connectivity index (χ0) is 24.7. The summed E-state index contributed by atoms with van der Waals surface area (Å²) >= 11 is 6.22. The number of amides is 1. The predicted molar refractivity (Wildman–Crippen MR) is 138 cm³/mol. The largest absolute Gasteiger partial charge is 0.484 e. The summed E-state index contributed by atoms with van der Waals surface area (Å²) in [6.45, 7) is 4.05. The van der Waals surface area contributed by atoms with Crippen molar-refractivity contribution in [1.29, 1.82) is 0 Å². The number of aryl methyl sites for hydroxylation is 2. The fourth-order valence-corrected chi connectivity index (χ4v) is 4.69. The number of rotatable bonds is 10. The van der Waals surface area contributed by atoms with Gasteiger partial charge in [-0.05, 0) is 59.9 Å². The lowest BCUT2D eigenvalue weighted by Crippen LogP contribution is -2.29. The Bertz CT molecular complexity index is 1220. The fraction of sp³-hybridized carbons (Fsp3) is 0.269. The van der Waals surface area contributed by atoms with Gasteiger partial charge in [0.05, 0.1) is 18.5 Å². The summed E-state index contributed by atoms with van der Waals surface area (Å²) in [5, 5.41) is 3.47. The van der Waals surface area contributed by atoms with Crippen molar-refractivity contribution in [3.63, 3.8) is 0 Å². The first-order chi connectivity index (χ1) is 16.2. The minimum Gasteiger partial charge on any atom is -0.484 e. The Hall–Kier alpha value is -3.03. The highest BCUT2D eigenvalue weighted by molar-refractivity contribution is 7.92. The molecule has 0 aliphatic carbocycles. The van der Waals surface area contributed by atoms with Gasteiger partial charge in [0.15, 0.2) is 6.61 Å². The predicted octanol–water partition coefficient (Wildman–Crippen LogP) is 5.45. The van der Waals surface area contributed by atoms with Crippen molar-refractivity contribution in [2.75, 3.05) is 22.5 Å². The molecule has 0 aromatic heterocycles. The van der Waals surface area contributed by atoms with Crippen molar-refractivity contribution in [3.8, 4) is 5.75 Å². The third kappa shape index (κ3) is 6.52. The van der Waals surface area contributed by atoms with E-state index >= 15 is 0 Å². The van der Waals surface area contributed by atoms with Crippen molar-refractivity contribution >= 4 is 38.9 Å². The van der Waals surface area contributed by atoms with E-state index in [0.29, 0.717) is 22.0 Å². The quantitative estimate of drug-likeness (QED) is 0.401. The SMILES string of the molecule is CCc1cccc(CC)c1NC(=O)COc1ccc(N(Cc2ccccc2Cl)S(C)(=O)=O)cc1. The molecule has 0 fully saturated rings. The van der Waals surface area contributed by atoms with Crippen molar-refractivity contribution in [3.05, 3.63) is 88.4 Å². The Morgan fingerprint density at radius 1 is 0.912 bits per heavy atom. The van der Waals surface area contributed by atoms with Crippen LogP contribution in [0.15, 0.2) is 66.7 Å². The number of benzene rings is 3. The molecule has 180 valence electrons. The molecule has 0 unspecified atom stereocenters. The lowest BCUT2D eigenvalue weighted by molar-refractivity contribution is -0.118. The van der Waals surface area contributed by atoms with Gasteiger partial charge in [-0.3, -0.25) is 9.10 Å². The average Bonchev–Trinajstić information content (AvgIpc) is 2.82. The monoisotopic (exact) mass is 500 g/mol. The zero-order valence-electron chi connectivity index (χ0n) is 19.5. The van der Waals surface area contributed by atoms with E-state index in [0.717, 1.165) is 35.9 Å². The number of sulfonamides is 1. The van der Waals surface area contributed by atoms with Crippen LogP contribution < -0.4 is 14.4 Å². The van der Waals surface area contributed by atoms with E-state index < -0.39 is 10.0 Å². The Balaban J connectivity index is 1.68.